The molecule has 0 atom stereocenters. The highest BCUT2D eigenvalue weighted by Gasteiger charge is 2.37. The summed E-state index contributed by atoms with van der Waals surface area (Å²) < 4.78 is 2.18. The Balaban J connectivity index is 1.64. The topological polar surface area (TPSA) is 114 Å². The van der Waals surface area contributed by atoms with Crippen molar-refractivity contribution in [1.82, 2.24) is 9.78 Å². The van der Waals surface area contributed by atoms with Gasteiger partial charge in [0.15, 0.2) is 12.4 Å². The summed E-state index contributed by atoms with van der Waals surface area (Å²) in [5.41, 5.74) is 14.1. The van der Waals surface area contributed by atoms with Crippen molar-refractivity contribution >= 4 is 17.3 Å². The van der Waals surface area contributed by atoms with Crippen LogP contribution in [0.4, 0.5) is 5.69 Å². The van der Waals surface area contributed by atoms with Gasteiger partial charge in [-0.05, 0) is 55.5 Å². The monoisotopic (exact) mass is 425 g/mol. The number of nitrogens with two attached hydrogens (primary N) is 2. The molecule has 1 aromatic carbocycles. The maximum atomic E-state index is 12.7. The molecule has 30 heavy (non-hydrogen) atoms. The van der Waals surface area contributed by atoms with E-state index in [-0.39, 0.29) is 22.7 Å². The predicted molar refractivity (Wildman–Crippen MR) is 117 cm³/mol. The van der Waals surface area contributed by atoms with E-state index >= 15 is 0 Å². The average molecular weight is 426 g/mol. The van der Waals surface area contributed by atoms with Gasteiger partial charge in [-0.15, -0.1) is 0 Å². The van der Waals surface area contributed by atoms with Crippen LogP contribution in [0.25, 0.3) is 11.3 Å². The lowest BCUT2D eigenvalue weighted by Gasteiger charge is -2.40. The molecule has 3 aromatic rings. The first-order chi connectivity index (χ1) is 14.4. The van der Waals surface area contributed by atoms with Crippen LogP contribution >= 0.6 is 11.6 Å². The molecule has 7 nitrogen and oxygen atoms in total. The Morgan fingerprint density at radius 3 is 2.67 bits per heavy atom. The van der Waals surface area contributed by atoms with Crippen LogP contribution in [0.15, 0.2) is 59.7 Å². The first-order valence-electron chi connectivity index (χ1n) is 9.96. The van der Waals surface area contributed by atoms with Gasteiger partial charge >= 0.3 is 0 Å². The molecule has 1 saturated carbocycles. The van der Waals surface area contributed by atoms with Crippen molar-refractivity contribution in [2.24, 2.45) is 5.73 Å². The summed E-state index contributed by atoms with van der Waals surface area (Å²) in [4.78, 5) is 12.7. The molecule has 0 radical (unpaired) electrons. The van der Waals surface area contributed by atoms with E-state index in [0.29, 0.717) is 27.6 Å². The number of nitrogens with zero attached hydrogens (tertiary/aromatic N) is 3. The van der Waals surface area contributed by atoms with Crippen LogP contribution in [0, 0.1) is 5.21 Å². The van der Waals surface area contributed by atoms with Crippen LogP contribution in [0.1, 0.15) is 37.3 Å². The Morgan fingerprint density at radius 1 is 1.23 bits per heavy atom. The summed E-state index contributed by atoms with van der Waals surface area (Å²) in [7, 11) is 0. The Morgan fingerprint density at radius 2 is 2.00 bits per heavy atom. The third kappa shape index (κ3) is 3.78. The third-order valence-electron chi connectivity index (χ3n) is 6.12. The summed E-state index contributed by atoms with van der Waals surface area (Å²) in [6.45, 7) is 0.512. The van der Waals surface area contributed by atoms with Crippen LogP contribution in [-0.4, -0.2) is 16.3 Å². The zero-order valence-electron chi connectivity index (χ0n) is 16.5. The lowest BCUT2D eigenvalue weighted by molar-refractivity contribution is -0.604. The third-order valence-corrected chi connectivity index (χ3v) is 6.35. The molecular weight excluding hydrogens is 402 g/mol. The SMILES string of the molecule is NCC1(c2cccc(Cl)c2)CCC(n2nc(-c3ccc[n+]([O-])c3)cc(N)c2=O)CC1. The maximum absolute atomic E-state index is 12.7. The number of pyridine rings is 1. The highest BCUT2D eigenvalue weighted by Crippen LogP contribution is 2.42. The fourth-order valence-corrected chi connectivity index (χ4v) is 4.55. The van der Waals surface area contributed by atoms with Gasteiger partial charge < -0.3 is 16.7 Å². The Hall–Kier alpha value is -2.90. The standard InChI is InChI=1S/C22H24ClN5O2/c23-17-5-1-4-16(11-17)22(14-24)8-6-18(7-9-22)28-21(29)19(25)12-20(26-28)15-3-2-10-27(30)13-15/h1-5,10-13,18H,6-9,14,24-25H2. The summed E-state index contributed by atoms with van der Waals surface area (Å²) in [6.07, 6.45) is 5.94. The number of rotatable bonds is 4. The largest absolute Gasteiger partial charge is 0.619 e. The summed E-state index contributed by atoms with van der Waals surface area (Å²) in [5.74, 6) is 0. The van der Waals surface area contributed by atoms with E-state index in [2.05, 4.69) is 11.2 Å². The molecule has 4 N–H and O–H groups in total. The molecule has 4 rings (SSSR count). The van der Waals surface area contributed by atoms with Gasteiger partial charge in [-0.1, -0.05) is 23.7 Å². The van der Waals surface area contributed by atoms with Crippen molar-refractivity contribution in [3.63, 3.8) is 0 Å². The number of hydrogen-bond donors (Lipinski definition) is 2. The second kappa shape index (κ2) is 8.08. The predicted octanol–water partition coefficient (Wildman–Crippen LogP) is 2.79. The maximum Gasteiger partial charge on any atom is 0.290 e. The fourth-order valence-electron chi connectivity index (χ4n) is 4.36. The van der Waals surface area contributed by atoms with Crippen molar-refractivity contribution in [2.45, 2.75) is 37.1 Å². The van der Waals surface area contributed by atoms with E-state index in [1.54, 1.807) is 12.1 Å². The lowest BCUT2D eigenvalue weighted by atomic mass is 9.68. The lowest BCUT2D eigenvalue weighted by Crippen LogP contribution is -2.41. The minimum Gasteiger partial charge on any atom is -0.619 e. The van der Waals surface area contributed by atoms with Crippen LogP contribution < -0.4 is 21.8 Å². The second-order valence-electron chi connectivity index (χ2n) is 7.91. The van der Waals surface area contributed by atoms with Crippen LogP contribution in [-0.2, 0) is 5.41 Å². The van der Waals surface area contributed by atoms with Crippen LogP contribution in [0.3, 0.4) is 0 Å². The molecule has 2 aromatic heterocycles. The quantitative estimate of drug-likeness (QED) is 0.492. The Labute approximate surface area is 179 Å². The van der Waals surface area contributed by atoms with Crippen molar-refractivity contribution in [1.29, 1.82) is 0 Å². The first kappa shape index (κ1) is 20.4. The number of anilines is 1. The smallest absolute Gasteiger partial charge is 0.290 e. The van der Waals surface area contributed by atoms with Gasteiger partial charge in [0.1, 0.15) is 5.69 Å². The molecule has 0 spiro atoms. The van der Waals surface area contributed by atoms with Gasteiger partial charge in [-0.2, -0.15) is 9.83 Å². The number of hydrogen-bond acceptors (Lipinski definition) is 5. The molecular formula is C22H24ClN5O2. The minimum absolute atomic E-state index is 0.0818. The van der Waals surface area contributed by atoms with Crippen molar-refractivity contribution in [3.8, 4) is 11.3 Å². The van der Waals surface area contributed by atoms with Gasteiger partial charge in [-0.25, -0.2) is 4.68 Å². The molecule has 0 unspecified atom stereocenters. The number of halogens is 1. The summed E-state index contributed by atoms with van der Waals surface area (Å²) in [5, 5.41) is 16.9. The van der Waals surface area contributed by atoms with Gasteiger partial charge in [0, 0.05) is 23.0 Å². The van der Waals surface area contributed by atoms with E-state index in [1.807, 2.05) is 18.2 Å². The van der Waals surface area contributed by atoms with Crippen molar-refractivity contribution in [2.75, 3.05) is 12.3 Å². The molecule has 156 valence electrons. The van der Waals surface area contributed by atoms with Gasteiger partial charge in [0.05, 0.1) is 17.3 Å². The van der Waals surface area contributed by atoms with Gasteiger partial charge in [0.25, 0.3) is 5.56 Å². The van der Waals surface area contributed by atoms with E-state index in [9.17, 15) is 10.0 Å². The van der Waals surface area contributed by atoms with E-state index in [0.717, 1.165) is 31.2 Å². The minimum atomic E-state index is -0.308. The van der Waals surface area contributed by atoms with Crippen LogP contribution in [0.2, 0.25) is 5.02 Å². The zero-order chi connectivity index (χ0) is 21.3. The zero-order valence-corrected chi connectivity index (χ0v) is 17.3. The summed E-state index contributed by atoms with van der Waals surface area (Å²) >= 11 is 6.20. The molecule has 0 saturated heterocycles. The molecule has 1 aliphatic rings. The normalized spacial score (nSPS) is 21.5. The Bertz CT molecular complexity index is 1120. The average Bonchev–Trinajstić information content (AvgIpc) is 2.76. The van der Waals surface area contributed by atoms with Gasteiger partial charge in [-0.3, -0.25) is 4.79 Å². The van der Waals surface area contributed by atoms with E-state index in [4.69, 9.17) is 23.1 Å². The molecule has 0 bridgehead atoms. The highest BCUT2D eigenvalue weighted by molar-refractivity contribution is 6.30. The fraction of sp³-hybridized carbons (Fsp3) is 0.318. The van der Waals surface area contributed by atoms with Crippen molar-refractivity contribution < 1.29 is 4.73 Å². The van der Waals surface area contributed by atoms with E-state index in [1.165, 1.54) is 23.1 Å². The molecule has 0 amide bonds. The Kier molecular flexibility index (Phi) is 5.49. The molecule has 1 fully saturated rings. The summed E-state index contributed by atoms with van der Waals surface area (Å²) in [6, 6.07) is 12.7. The molecule has 0 aliphatic heterocycles. The number of benzene rings is 1. The second-order valence-corrected chi connectivity index (χ2v) is 8.35. The highest BCUT2D eigenvalue weighted by atomic mass is 35.5. The van der Waals surface area contributed by atoms with Crippen LogP contribution in [0.5, 0.6) is 0 Å². The van der Waals surface area contributed by atoms with Gasteiger partial charge in [0.2, 0.25) is 0 Å². The number of aromatic nitrogens is 3. The van der Waals surface area contributed by atoms with Crippen molar-refractivity contribution in [3.05, 3.63) is 81.0 Å². The number of nitrogen functional groups attached to an aromatic ring is 1. The van der Waals surface area contributed by atoms with E-state index < -0.39 is 0 Å². The molecule has 2 heterocycles. The first-order valence-corrected chi connectivity index (χ1v) is 10.3. The molecule has 1 aliphatic carbocycles. The molecule has 8 heteroatoms.